The second-order valence-electron chi connectivity index (χ2n) is 4.11. The van der Waals surface area contributed by atoms with Crippen LogP contribution in [0.4, 0.5) is 10.5 Å². The largest absolute Gasteiger partial charge is 0.486 e. The molecule has 0 bridgehead atoms. The summed E-state index contributed by atoms with van der Waals surface area (Å²) in [5.41, 5.74) is 0.687. The van der Waals surface area contributed by atoms with Gasteiger partial charge in [0.1, 0.15) is 13.2 Å². The highest BCUT2D eigenvalue weighted by atomic mass is 16.6. The normalized spacial score (nSPS) is 13.4. The summed E-state index contributed by atoms with van der Waals surface area (Å²) in [7, 11) is 0. The van der Waals surface area contributed by atoms with Crippen molar-refractivity contribution in [2.75, 3.05) is 18.5 Å². The van der Waals surface area contributed by atoms with Gasteiger partial charge in [0.2, 0.25) is 0 Å². The number of urea groups is 1. The van der Waals surface area contributed by atoms with Gasteiger partial charge in [0.15, 0.2) is 11.5 Å². The lowest BCUT2D eigenvalue weighted by Gasteiger charge is -2.19. The Balaban J connectivity index is 2.04. The molecule has 0 unspecified atom stereocenters. The van der Waals surface area contributed by atoms with Crippen molar-refractivity contribution in [1.82, 2.24) is 5.32 Å². The molecule has 5 nitrogen and oxygen atoms in total. The highest BCUT2D eigenvalue weighted by molar-refractivity contribution is 5.89. The van der Waals surface area contributed by atoms with E-state index in [0.29, 0.717) is 30.4 Å². The average Bonchev–Trinajstić information content (AvgIpc) is 2.27. The molecule has 0 saturated carbocycles. The molecule has 1 heterocycles. The summed E-state index contributed by atoms with van der Waals surface area (Å²) >= 11 is 0. The van der Waals surface area contributed by atoms with Crippen molar-refractivity contribution in [3.63, 3.8) is 0 Å². The summed E-state index contributed by atoms with van der Waals surface area (Å²) in [4.78, 5) is 11.5. The fraction of sp³-hybridized carbons (Fsp3) is 0.417. The van der Waals surface area contributed by atoms with Crippen LogP contribution in [-0.4, -0.2) is 25.3 Å². The van der Waals surface area contributed by atoms with Crippen LogP contribution in [0.5, 0.6) is 11.5 Å². The van der Waals surface area contributed by atoms with Gasteiger partial charge in [-0.25, -0.2) is 4.79 Å². The van der Waals surface area contributed by atoms with Crippen molar-refractivity contribution in [3.05, 3.63) is 18.2 Å². The molecule has 0 fully saturated rings. The Bertz CT molecular complexity index is 418. The summed E-state index contributed by atoms with van der Waals surface area (Å²) < 4.78 is 10.8. The van der Waals surface area contributed by atoms with E-state index in [1.54, 1.807) is 18.2 Å². The van der Waals surface area contributed by atoms with Crippen LogP contribution in [0.15, 0.2) is 18.2 Å². The minimum absolute atomic E-state index is 0.104. The summed E-state index contributed by atoms with van der Waals surface area (Å²) in [6.45, 7) is 4.91. The lowest BCUT2D eigenvalue weighted by Crippen LogP contribution is -2.34. The molecule has 0 saturated heterocycles. The molecule has 1 aromatic carbocycles. The van der Waals surface area contributed by atoms with Crippen LogP contribution >= 0.6 is 0 Å². The molecule has 1 aromatic rings. The van der Waals surface area contributed by atoms with Crippen molar-refractivity contribution >= 4 is 11.7 Å². The van der Waals surface area contributed by atoms with Crippen molar-refractivity contribution < 1.29 is 14.3 Å². The van der Waals surface area contributed by atoms with E-state index in [1.165, 1.54) is 0 Å². The van der Waals surface area contributed by atoms with E-state index < -0.39 is 0 Å². The Morgan fingerprint density at radius 3 is 2.65 bits per heavy atom. The first-order valence-electron chi connectivity index (χ1n) is 5.62. The van der Waals surface area contributed by atoms with Crippen molar-refractivity contribution in [1.29, 1.82) is 0 Å². The number of hydrogen-bond donors (Lipinski definition) is 2. The van der Waals surface area contributed by atoms with E-state index in [2.05, 4.69) is 10.6 Å². The zero-order valence-corrected chi connectivity index (χ0v) is 9.95. The van der Waals surface area contributed by atoms with Gasteiger partial charge >= 0.3 is 6.03 Å². The minimum atomic E-state index is -0.225. The second kappa shape index (κ2) is 4.95. The van der Waals surface area contributed by atoms with Gasteiger partial charge in [-0.1, -0.05) is 0 Å². The summed E-state index contributed by atoms with van der Waals surface area (Å²) in [5.74, 6) is 1.38. The summed E-state index contributed by atoms with van der Waals surface area (Å²) in [6.07, 6.45) is 0. The van der Waals surface area contributed by atoms with Crippen molar-refractivity contribution in [2.45, 2.75) is 19.9 Å². The molecule has 5 heteroatoms. The van der Waals surface area contributed by atoms with Crippen LogP contribution in [0.25, 0.3) is 0 Å². The molecule has 0 atom stereocenters. The Morgan fingerprint density at radius 2 is 1.94 bits per heavy atom. The quantitative estimate of drug-likeness (QED) is 0.825. The van der Waals surface area contributed by atoms with Crippen LogP contribution in [0.1, 0.15) is 13.8 Å². The van der Waals surface area contributed by atoms with E-state index in [1.807, 2.05) is 13.8 Å². The summed E-state index contributed by atoms with van der Waals surface area (Å²) in [5, 5.41) is 5.49. The van der Waals surface area contributed by atoms with Gasteiger partial charge in [0.25, 0.3) is 0 Å². The topological polar surface area (TPSA) is 59.6 Å². The van der Waals surface area contributed by atoms with Crippen LogP contribution in [0, 0.1) is 0 Å². The molecular weight excluding hydrogens is 220 g/mol. The molecule has 17 heavy (non-hydrogen) atoms. The monoisotopic (exact) mass is 236 g/mol. The minimum Gasteiger partial charge on any atom is -0.486 e. The van der Waals surface area contributed by atoms with Gasteiger partial charge in [0, 0.05) is 17.8 Å². The molecule has 0 aliphatic carbocycles. The van der Waals surface area contributed by atoms with Crippen LogP contribution < -0.4 is 20.1 Å². The van der Waals surface area contributed by atoms with Gasteiger partial charge in [0.05, 0.1) is 0 Å². The molecule has 0 aromatic heterocycles. The van der Waals surface area contributed by atoms with E-state index in [0.717, 1.165) is 0 Å². The van der Waals surface area contributed by atoms with Crippen molar-refractivity contribution in [2.24, 2.45) is 0 Å². The lowest BCUT2D eigenvalue weighted by atomic mass is 10.2. The van der Waals surface area contributed by atoms with E-state index >= 15 is 0 Å². The molecule has 92 valence electrons. The molecule has 2 N–H and O–H groups in total. The van der Waals surface area contributed by atoms with Gasteiger partial charge < -0.3 is 20.1 Å². The number of carbonyl (C=O) groups excluding carboxylic acids is 1. The number of amides is 2. The third-order valence-electron chi connectivity index (χ3n) is 2.22. The van der Waals surface area contributed by atoms with E-state index in [-0.39, 0.29) is 12.1 Å². The zero-order chi connectivity index (χ0) is 12.3. The van der Waals surface area contributed by atoms with Gasteiger partial charge in [-0.15, -0.1) is 0 Å². The summed E-state index contributed by atoms with van der Waals surface area (Å²) in [6, 6.07) is 5.21. The van der Waals surface area contributed by atoms with Gasteiger partial charge in [-0.2, -0.15) is 0 Å². The van der Waals surface area contributed by atoms with Gasteiger partial charge in [-0.3, -0.25) is 0 Å². The maximum Gasteiger partial charge on any atom is 0.319 e. The molecule has 1 aliphatic heterocycles. The first kappa shape index (κ1) is 11.6. The Hall–Kier alpha value is -1.91. The second-order valence-corrected chi connectivity index (χ2v) is 4.11. The Morgan fingerprint density at radius 1 is 1.24 bits per heavy atom. The number of fused-ring (bicyclic) bond motifs is 1. The third-order valence-corrected chi connectivity index (χ3v) is 2.22. The van der Waals surface area contributed by atoms with Gasteiger partial charge in [-0.05, 0) is 26.0 Å². The Labute approximate surface area is 100 Å². The number of anilines is 1. The maximum absolute atomic E-state index is 11.5. The fourth-order valence-corrected chi connectivity index (χ4v) is 1.55. The molecule has 0 spiro atoms. The standard InChI is InChI=1S/C12H16N2O3/c1-8(2)13-12(15)14-9-3-4-10-11(7-9)17-6-5-16-10/h3-4,7-8H,5-6H2,1-2H3,(H2,13,14,15). The number of carbonyl (C=O) groups is 1. The molecular formula is C12H16N2O3. The fourth-order valence-electron chi connectivity index (χ4n) is 1.55. The molecule has 2 rings (SSSR count). The predicted molar refractivity (Wildman–Crippen MR) is 64.7 cm³/mol. The lowest BCUT2D eigenvalue weighted by molar-refractivity contribution is 0.171. The number of nitrogens with one attached hydrogen (secondary N) is 2. The number of ether oxygens (including phenoxy) is 2. The predicted octanol–water partition coefficient (Wildman–Crippen LogP) is 1.99. The first-order valence-corrected chi connectivity index (χ1v) is 5.62. The molecule has 2 amide bonds. The van der Waals surface area contributed by atoms with E-state index in [4.69, 9.17) is 9.47 Å². The highest BCUT2D eigenvalue weighted by Gasteiger charge is 2.12. The van der Waals surface area contributed by atoms with Crippen LogP contribution in [0.2, 0.25) is 0 Å². The smallest absolute Gasteiger partial charge is 0.319 e. The highest BCUT2D eigenvalue weighted by Crippen LogP contribution is 2.32. The average molecular weight is 236 g/mol. The first-order chi connectivity index (χ1) is 8.15. The zero-order valence-electron chi connectivity index (χ0n) is 9.95. The molecule has 1 aliphatic rings. The van der Waals surface area contributed by atoms with Crippen LogP contribution in [0.3, 0.4) is 0 Å². The number of hydrogen-bond acceptors (Lipinski definition) is 3. The van der Waals surface area contributed by atoms with E-state index in [9.17, 15) is 4.79 Å². The third kappa shape index (κ3) is 3.03. The SMILES string of the molecule is CC(C)NC(=O)Nc1ccc2c(c1)OCCO2. The number of rotatable bonds is 2. The number of benzene rings is 1. The van der Waals surface area contributed by atoms with Crippen molar-refractivity contribution in [3.8, 4) is 11.5 Å². The Kier molecular flexibility index (Phi) is 3.37. The molecule has 0 radical (unpaired) electrons. The maximum atomic E-state index is 11.5. The van der Waals surface area contributed by atoms with Crippen LogP contribution in [-0.2, 0) is 0 Å².